The Bertz CT molecular complexity index is 1520. The van der Waals surface area contributed by atoms with Crippen molar-refractivity contribution in [2.45, 2.75) is 36.3 Å². The number of carbonyl (C=O) groups excluding carboxylic acids is 1. The predicted molar refractivity (Wildman–Crippen MR) is 122 cm³/mol. The van der Waals surface area contributed by atoms with Gasteiger partial charge < -0.3 is 5.32 Å². The third kappa shape index (κ3) is 5.75. The van der Waals surface area contributed by atoms with E-state index < -0.39 is 70.0 Å². The standard InChI is InChI=1S/C24H19F6N3O4S/c25-16-1-3-20(4-2-16)38(36,37)33-13-18(27)11-21(33)23(35)31-12-14-7-17(26)10-19(8-14)32-6-5-15(9-22(32)34)24(28,29)30/h1-10,18,21H,11-13H2,(H,31,35)/t18-,21+/m1/s1. The first-order valence-corrected chi connectivity index (χ1v) is 12.5. The lowest BCUT2D eigenvalue weighted by Crippen LogP contribution is -2.45. The van der Waals surface area contributed by atoms with E-state index in [-0.39, 0.29) is 22.7 Å². The maximum Gasteiger partial charge on any atom is 0.416 e. The number of halogens is 6. The number of aromatic nitrogens is 1. The fraction of sp³-hybridized carbons (Fsp3) is 0.250. The van der Waals surface area contributed by atoms with E-state index in [2.05, 4.69) is 5.32 Å². The number of nitrogens with zero attached hydrogens (tertiary/aromatic N) is 2. The van der Waals surface area contributed by atoms with Crippen molar-refractivity contribution < 1.29 is 39.6 Å². The normalized spacial score (nSPS) is 18.5. The molecule has 4 rings (SSSR count). The Labute approximate surface area is 212 Å². The van der Waals surface area contributed by atoms with Crippen molar-refractivity contribution in [2.75, 3.05) is 6.54 Å². The summed E-state index contributed by atoms with van der Waals surface area (Å²) in [6.07, 6.45) is -6.00. The molecule has 0 saturated carbocycles. The van der Waals surface area contributed by atoms with E-state index >= 15 is 0 Å². The molecule has 1 saturated heterocycles. The SMILES string of the molecule is O=C(NCc1cc(F)cc(-n2ccc(C(F)(F)F)cc2=O)c1)[C@@H]1C[C@@H](F)CN1S(=O)(=O)c1ccc(F)cc1. The largest absolute Gasteiger partial charge is 0.416 e. The quantitative estimate of drug-likeness (QED) is 0.468. The smallest absolute Gasteiger partial charge is 0.351 e. The van der Waals surface area contributed by atoms with Crippen molar-refractivity contribution in [1.82, 2.24) is 14.2 Å². The van der Waals surface area contributed by atoms with Crippen LogP contribution < -0.4 is 10.9 Å². The zero-order valence-electron chi connectivity index (χ0n) is 19.3. The van der Waals surface area contributed by atoms with E-state index in [1.807, 2.05) is 0 Å². The molecule has 38 heavy (non-hydrogen) atoms. The molecule has 1 aliphatic rings. The fourth-order valence-electron chi connectivity index (χ4n) is 4.05. The summed E-state index contributed by atoms with van der Waals surface area (Å²) in [5.74, 6) is -2.42. The lowest BCUT2D eigenvalue weighted by Gasteiger charge is -2.23. The van der Waals surface area contributed by atoms with Gasteiger partial charge in [-0.05, 0) is 54.1 Å². The van der Waals surface area contributed by atoms with E-state index in [1.165, 1.54) is 6.07 Å². The Kier molecular flexibility index (Phi) is 7.39. The van der Waals surface area contributed by atoms with Gasteiger partial charge in [0.25, 0.3) is 5.56 Å². The van der Waals surface area contributed by atoms with E-state index in [9.17, 15) is 44.3 Å². The summed E-state index contributed by atoms with van der Waals surface area (Å²) in [5.41, 5.74) is -2.26. The summed E-state index contributed by atoms with van der Waals surface area (Å²) in [4.78, 5) is 24.7. The van der Waals surface area contributed by atoms with E-state index in [0.717, 1.165) is 47.2 Å². The third-order valence-corrected chi connectivity index (χ3v) is 7.75. The van der Waals surface area contributed by atoms with Crippen LogP contribution in [0.4, 0.5) is 26.3 Å². The Balaban J connectivity index is 1.53. The van der Waals surface area contributed by atoms with Gasteiger partial charge in [0, 0.05) is 31.8 Å². The molecule has 0 bridgehead atoms. The van der Waals surface area contributed by atoms with Crippen molar-refractivity contribution >= 4 is 15.9 Å². The molecule has 2 atom stereocenters. The minimum Gasteiger partial charge on any atom is -0.351 e. The van der Waals surface area contributed by atoms with Crippen LogP contribution in [-0.4, -0.2) is 42.0 Å². The van der Waals surface area contributed by atoms with Gasteiger partial charge in [-0.2, -0.15) is 17.5 Å². The molecule has 1 aliphatic heterocycles. The molecule has 14 heteroatoms. The molecule has 1 fully saturated rings. The minimum absolute atomic E-state index is 0.0999. The van der Waals surface area contributed by atoms with Crippen LogP contribution in [0.2, 0.25) is 0 Å². The molecule has 0 aliphatic carbocycles. The molecule has 1 N–H and O–H groups in total. The molecule has 2 heterocycles. The first-order chi connectivity index (χ1) is 17.8. The Morgan fingerprint density at radius 1 is 1.00 bits per heavy atom. The van der Waals surface area contributed by atoms with Gasteiger partial charge in [0.2, 0.25) is 15.9 Å². The Hall–Kier alpha value is -3.65. The summed E-state index contributed by atoms with van der Waals surface area (Å²) in [5, 5.41) is 2.40. The summed E-state index contributed by atoms with van der Waals surface area (Å²) >= 11 is 0. The number of hydrogen-bond acceptors (Lipinski definition) is 4. The summed E-state index contributed by atoms with van der Waals surface area (Å²) in [7, 11) is -4.35. The number of carbonyl (C=O) groups is 1. The van der Waals surface area contributed by atoms with Gasteiger partial charge in [-0.25, -0.2) is 21.6 Å². The van der Waals surface area contributed by atoms with Crippen LogP contribution in [0.5, 0.6) is 0 Å². The monoisotopic (exact) mass is 559 g/mol. The van der Waals surface area contributed by atoms with Crippen molar-refractivity contribution in [3.8, 4) is 5.69 Å². The predicted octanol–water partition coefficient (Wildman–Crippen LogP) is 3.55. The summed E-state index contributed by atoms with van der Waals surface area (Å²) in [6.45, 7) is -0.963. The maximum absolute atomic E-state index is 14.3. The second kappa shape index (κ2) is 10.3. The maximum atomic E-state index is 14.3. The fourth-order valence-corrected chi connectivity index (χ4v) is 5.68. The third-order valence-electron chi connectivity index (χ3n) is 5.86. The van der Waals surface area contributed by atoms with Crippen molar-refractivity contribution in [1.29, 1.82) is 0 Å². The molecule has 0 radical (unpaired) electrons. The average Bonchev–Trinajstić information content (AvgIpc) is 3.24. The van der Waals surface area contributed by atoms with Crippen LogP contribution >= 0.6 is 0 Å². The summed E-state index contributed by atoms with van der Waals surface area (Å²) < 4.78 is 108. The zero-order valence-corrected chi connectivity index (χ0v) is 20.1. The molecular weight excluding hydrogens is 540 g/mol. The highest BCUT2D eigenvalue weighted by Gasteiger charge is 2.44. The van der Waals surface area contributed by atoms with Crippen LogP contribution in [0.25, 0.3) is 5.69 Å². The first kappa shape index (κ1) is 27.4. The lowest BCUT2D eigenvalue weighted by molar-refractivity contribution is -0.137. The molecule has 2 aromatic carbocycles. The van der Waals surface area contributed by atoms with Gasteiger partial charge in [-0.15, -0.1) is 0 Å². The van der Waals surface area contributed by atoms with Crippen molar-refractivity contribution in [2.24, 2.45) is 0 Å². The van der Waals surface area contributed by atoms with Crippen LogP contribution in [0.1, 0.15) is 17.5 Å². The highest BCUT2D eigenvalue weighted by atomic mass is 32.2. The van der Waals surface area contributed by atoms with Gasteiger partial charge in [0.1, 0.15) is 23.8 Å². The molecule has 0 spiro atoms. The molecule has 1 aromatic heterocycles. The number of rotatable bonds is 6. The van der Waals surface area contributed by atoms with Gasteiger partial charge >= 0.3 is 6.18 Å². The number of alkyl halides is 4. The van der Waals surface area contributed by atoms with E-state index in [0.29, 0.717) is 16.4 Å². The Morgan fingerprint density at radius 2 is 1.68 bits per heavy atom. The van der Waals surface area contributed by atoms with Crippen LogP contribution in [0.3, 0.4) is 0 Å². The summed E-state index contributed by atoms with van der Waals surface area (Å²) in [6, 6.07) is 6.52. The zero-order chi connectivity index (χ0) is 27.8. The van der Waals surface area contributed by atoms with Gasteiger partial charge in [-0.3, -0.25) is 14.2 Å². The molecule has 3 aromatic rings. The molecule has 202 valence electrons. The number of benzene rings is 2. The number of hydrogen-bond donors (Lipinski definition) is 1. The topological polar surface area (TPSA) is 88.5 Å². The lowest BCUT2D eigenvalue weighted by atomic mass is 10.1. The number of nitrogens with one attached hydrogen (secondary N) is 1. The van der Waals surface area contributed by atoms with Gasteiger partial charge in [0.05, 0.1) is 16.1 Å². The average molecular weight is 559 g/mol. The first-order valence-electron chi connectivity index (χ1n) is 11.0. The number of amides is 1. The number of sulfonamides is 1. The second-order valence-corrected chi connectivity index (χ2v) is 10.4. The molecule has 1 amide bonds. The Morgan fingerprint density at radius 3 is 2.32 bits per heavy atom. The van der Waals surface area contributed by atoms with Gasteiger partial charge in [0.15, 0.2) is 0 Å². The highest BCUT2D eigenvalue weighted by Crippen LogP contribution is 2.29. The van der Waals surface area contributed by atoms with Crippen LogP contribution in [-0.2, 0) is 27.5 Å². The molecule has 0 unspecified atom stereocenters. The minimum atomic E-state index is -4.74. The molecule has 7 nitrogen and oxygen atoms in total. The van der Waals surface area contributed by atoms with Gasteiger partial charge in [-0.1, -0.05) is 0 Å². The second-order valence-electron chi connectivity index (χ2n) is 8.53. The van der Waals surface area contributed by atoms with Crippen LogP contribution in [0, 0.1) is 11.6 Å². The van der Waals surface area contributed by atoms with Crippen LogP contribution in [0.15, 0.2) is 70.5 Å². The molecular formula is C24H19F6N3O4S. The van der Waals surface area contributed by atoms with E-state index in [4.69, 9.17) is 0 Å². The highest BCUT2D eigenvalue weighted by molar-refractivity contribution is 7.89. The van der Waals surface area contributed by atoms with E-state index in [1.54, 1.807) is 0 Å². The van der Waals surface area contributed by atoms with Crippen molar-refractivity contribution in [3.63, 3.8) is 0 Å². The van der Waals surface area contributed by atoms with Crippen molar-refractivity contribution in [3.05, 3.63) is 93.9 Å². The number of pyridine rings is 1.